The van der Waals surface area contributed by atoms with E-state index in [1.807, 2.05) is 44.2 Å². The molecule has 0 aliphatic heterocycles. The van der Waals surface area contributed by atoms with Crippen molar-refractivity contribution in [2.75, 3.05) is 5.32 Å². The van der Waals surface area contributed by atoms with E-state index in [-0.39, 0.29) is 0 Å². The molecule has 0 saturated heterocycles. The molecule has 0 amide bonds. The molecular weight excluding hydrogens is 278 g/mol. The highest BCUT2D eigenvalue weighted by molar-refractivity contribution is 7.80. The summed E-state index contributed by atoms with van der Waals surface area (Å²) in [4.78, 5) is 4.78. The molecule has 0 spiro atoms. The highest BCUT2D eigenvalue weighted by Crippen LogP contribution is 2.23. The van der Waals surface area contributed by atoms with Crippen LogP contribution in [0.15, 0.2) is 30.3 Å². The van der Waals surface area contributed by atoms with Crippen molar-refractivity contribution in [1.29, 1.82) is 0 Å². The highest BCUT2D eigenvalue weighted by Gasteiger charge is 2.05. The number of benzene rings is 1. The molecule has 1 aromatic heterocycles. The van der Waals surface area contributed by atoms with E-state index in [0.717, 1.165) is 22.5 Å². The summed E-state index contributed by atoms with van der Waals surface area (Å²) in [5.74, 6) is 0.716. The Labute approximate surface area is 122 Å². The lowest BCUT2D eigenvalue weighted by Gasteiger charge is -2.11. The summed E-state index contributed by atoms with van der Waals surface area (Å²) in [5, 5.41) is 3.96. The number of rotatable bonds is 3. The largest absolute Gasteiger partial charge is 0.389 e. The number of aryl methyl sites for hydroxylation is 2. The maximum atomic E-state index is 5.93. The fourth-order valence-corrected chi connectivity index (χ4v) is 2.12. The van der Waals surface area contributed by atoms with Crippen LogP contribution in [0.3, 0.4) is 0 Å². The molecule has 0 bridgehead atoms. The van der Waals surface area contributed by atoms with Gasteiger partial charge in [-0.25, -0.2) is 4.98 Å². The van der Waals surface area contributed by atoms with Gasteiger partial charge in [0, 0.05) is 22.0 Å². The zero-order chi connectivity index (χ0) is 14.0. The van der Waals surface area contributed by atoms with Crippen molar-refractivity contribution < 1.29 is 0 Å². The van der Waals surface area contributed by atoms with Crippen LogP contribution in [0.2, 0.25) is 5.02 Å². The molecule has 2 aromatic rings. The Morgan fingerprint density at radius 2 is 2.00 bits per heavy atom. The van der Waals surface area contributed by atoms with Crippen molar-refractivity contribution in [2.24, 2.45) is 5.73 Å². The van der Waals surface area contributed by atoms with Crippen molar-refractivity contribution in [3.8, 4) is 0 Å². The molecule has 3 N–H and O–H groups in total. The Bertz CT molecular complexity index is 641. The molecule has 19 heavy (non-hydrogen) atoms. The van der Waals surface area contributed by atoms with E-state index in [4.69, 9.17) is 29.6 Å². The highest BCUT2D eigenvalue weighted by atomic mass is 35.5. The van der Waals surface area contributed by atoms with Crippen LogP contribution in [0.4, 0.5) is 11.5 Å². The first-order valence-electron chi connectivity index (χ1n) is 5.77. The SMILES string of the molecule is Cc1cc(C(N)=S)cc(Nc2ccc(Cl)cc2C)n1. The Kier molecular flexibility index (Phi) is 4.02. The van der Waals surface area contributed by atoms with Crippen LogP contribution in [0, 0.1) is 13.8 Å². The van der Waals surface area contributed by atoms with E-state index in [9.17, 15) is 0 Å². The van der Waals surface area contributed by atoms with Gasteiger partial charge in [0.05, 0.1) is 0 Å². The molecule has 3 nitrogen and oxygen atoms in total. The number of thiocarbonyl (C=S) groups is 1. The Morgan fingerprint density at radius 1 is 1.26 bits per heavy atom. The third-order valence-corrected chi connectivity index (χ3v) is 3.16. The normalized spacial score (nSPS) is 10.3. The van der Waals surface area contributed by atoms with E-state index < -0.39 is 0 Å². The van der Waals surface area contributed by atoms with Crippen LogP contribution in [0.5, 0.6) is 0 Å². The van der Waals surface area contributed by atoms with Gasteiger partial charge in [0.15, 0.2) is 0 Å². The van der Waals surface area contributed by atoms with Crippen LogP contribution in [-0.2, 0) is 0 Å². The molecular formula is C14H14ClN3S. The first-order valence-corrected chi connectivity index (χ1v) is 6.56. The summed E-state index contributed by atoms with van der Waals surface area (Å²) in [7, 11) is 0. The van der Waals surface area contributed by atoms with Gasteiger partial charge in [-0.15, -0.1) is 0 Å². The standard InChI is InChI=1S/C14H14ClN3S/c1-8-5-11(15)3-4-12(8)18-13-7-10(14(16)19)6-9(2)17-13/h3-7H,1-2H3,(H2,16,19)(H,17,18). The van der Waals surface area contributed by atoms with Crippen molar-refractivity contribution in [3.63, 3.8) is 0 Å². The van der Waals surface area contributed by atoms with E-state index in [2.05, 4.69) is 10.3 Å². The molecule has 0 saturated carbocycles. The van der Waals surface area contributed by atoms with E-state index >= 15 is 0 Å². The fraction of sp³-hybridized carbons (Fsp3) is 0.143. The quantitative estimate of drug-likeness (QED) is 0.846. The number of nitrogens with two attached hydrogens (primary N) is 1. The molecule has 0 aliphatic rings. The lowest BCUT2D eigenvalue weighted by Crippen LogP contribution is -2.10. The first kappa shape index (κ1) is 13.8. The molecule has 0 fully saturated rings. The van der Waals surface area contributed by atoms with Crippen LogP contribution in [0.25, 0.3) is 0 Å². The number of hydrogen-bond acceptors (Lipinski definition) is 3. The van der Waals surface area contributed by atoms with Crippen LogP contribution in [-0.4, -0.2) is 9.97 Å². The Morgan fingerprint density at radius 3 is 2.63 bits per heavy atom. The summed E-state index contributed by atoms with van der Waals surface area (Å²) in [5.41, 5.74) is 9.32. The summed E-state index contributed by atoms with van der Waals surface area (Å²) < 4.78 is 0. The molecule has 98 valence electrons. The third-order valence-electron chi connectivity index (χ3n) is 2.69. The molecule has 0 atom stereocenters. The maximum Gasteiger partial charge on any atom is 0.131 e. The molecule has 1 heterocycles. The summed E-state index contributed by atoms with van der Waals surface area (Å²) in [6, 6.07) is 9.35. The Hall–Kier alpha value is -1.65. The molecule has 0 radical (unpaired) electrons. The van der Waals surface area contributed by atoms with Gasteiger partial charge in [0.25, 0.3) is 0 Å². The number of nitrogens with zero attached hydrogens (tertiary/aromatic N) is 1. The smallest absolute Gasteiger partial charge is 0.131 e. The van der Waals surface area contributed by atoms with Gasteiger partial charge in [-0.05, 0) is 49.7 Å². The first-order chi connectivity index (χ1) is 8.95. The predicted molar refractivity (Wildman–Crippen MR) is 84.3 cm³/mol. The monoisotopic (exact) mass is 291 g/mol. The second-order valence-electron chi connectivity index (χ2n) is 4.33. The number of anilines is 2. The molecule has 1 aromatic carbocycles. The van der Waals surface area contributed by atoms with Crippen LogP contribution >= 0.6 is 23.8 Å². The second kappa shape index (κ2) is 5.55. The van der Waals surface area contributed by atoms with Crippen LogP contribution in [0.1, 0.15) is 16.8 Å². The fourth-order valence-electron chi connectivity index (χ4n) is 1.78. The Balaban J connectivity index is 2.35. The number of aromatic nitrogens is 1. The molecule has 0 aliphatic carbocycles. The molecule has 2 rings (SSSR count). The van der Waals surface area contributed by atoms with Gasteiger partial charge >= 0.3 is 0 Å². The summed E-state index contributed by atoms with van der Waals surface area (Å²) >= 11 is 10.9. The topological polar surface area (TPSA) is 50.9 Å². The van der Waals surface area contributed by atoms with Gasteiger partial charge < -0.3 is 11.1 Å². The summed E-state index contributed by atoms with van der Waals surface area (Å²) in [6.07, 6.45) is 0. The van der Waals surface area contributed by atoms with Gasteiger partial charge in [-0.3, -0.25) is 0 Å². The summed E-state index contributed by atoms with van der Waals surface area (Å²) in [6.45, 7) is 3.89. The van der Waals surface area contributed by atoms with E-state index in [1.54, 1.807) is 0 Å². The van der Waals surface area contributed by atoms with Crippen molar-refractivity contribution in [2.45, 2.75) is 13.8 Å². The minimum atomic E-state index is 0.362. The number of hydrogen-bond donors (Lipinski definition) is 2. The predicted octanol–water partition coefficient (Wildman–Crippen LogP) is 3.73. The van der Waals surface area contributed by atoms with Crippen molar-refractivity contribution >= 4 is 40.3 Å². The van der Waals surface area contributed by atoms with Crippen molar-refractivity contribution in [3.05, 3.63) is 52.2 Å². The van der Waals surface area contributed by atoms with Crippen molar-refractivity contribution in [1.82, 2.24) is 4.98 Å². The van der Waals surface area contributed by atoms with Gasteiger partial charge in [0.2, 0.25) is 0 Å². The zero-order valence-corrected chi connectivity index (χ0v) is 12.3. The molecule has 0 unspecified atom stereocenters. The average Bonchev–Trinajstić information content (AvgIpc) is 2.32. The third kappa shape index (κ3) is 3.43. The lowest BCUT2D eigenvalue weighted by atomic mass is 10.2. The number of halogens is 1. The number of nitrogens with one attached hydrogen (secondary N) is 1. The second-order valence-corrected chi connectivity index (χ2v) is 5.21. The minimum Gasteiger partial charge on any atom is -0.389 e. The van der Waals surface area contributed by atoms with Gasteiger partial charge in [-0.2, -0.15) is 0 Å². The minimum absolute atomic E-state index is 0.362. The van der Waals surface area contributed by atoms with Gasteiger partial charge in [-0.1, -0.05) is 23.8 Å². The molecule has 5 heteroatoms. The lowest BCUT2D eigenvalue weighted by molar-refractivity contribution is 1.19. The van der Waals surface area contributed by atoms with E-state index in [0.29, 0.717) is 15.8 Å². The number of pyridine rings is 1. The van der Waals surface area contributed by atoms with Crippen LogP contribution < -0.4 is 11.1 Å². The van der Waals surface area contributed by atoms with Gasteiger partial charge in [0.1, 0.15) is 10.8 Å². The maximum absolute atomic E-state index is 5.93. The average molecular weight is 292 g/mol. The zero-order valence-electron chi connectivity index (χ0n) is 10.7. The van der Waals surface area contributed by atoms with E-state index in [1.165, 1.54) is 0 Å².